The topological polar surface area (TPSA) is 153 Å². The second-order valence-electron chi connectivity index (χ2n) is 0.250. The largest absolute Gasteiger partial charge is 3.00 e. The van der Waals surface area contributed by atoms with Crippen molar-refractivity contribution >= 4 is 43.9 Å². The van der Waals surface area contributed by atoms with E-state index in [4.69, 9.17) is 15.0 Å². The van der Waals surface area contributed by atoms with Crippen LogP contribution >= 0.6 is 0 Å². The van der Waals surface area contributed by atoms with E-state index in [9.17, 15) is 0 Å². The first-order chi connectivity index (χ1) is 1.73. The first-order valence-corrected chi connectivity index (χ1v) is 0.612. The minimum atomic E-state index is -2.33. The van der Waals surface area contributed by atoms with E-state index in [-0.39, 0.29) is 71.5 Å². The Morgan fingerprint density at radius 2 is 1.22 bits per heavy atom. The van der Waals surface area contributed by atoms with Crippen LogP contribution in [0.3, 0.4) is 0 Å². The zero-order valence-electron chi connectivity index (χ0n) is 4.20. The summed E-state index contributed by atoms with van der Waals surface area (Å²) in [6.07, 6.45) is -2.33. The monoisotopic (exact) mass is 203 g/mol. The van der Waals surface area contributed by atoms with Gasteiger partial charge in [0.25, 0.3) is 0 Å². The summed E-state index contributed by atoms with van der Waals surface area (Å²) in [7, 11) is 0. The Bertz CT molecular complexity index is 36.0. The molecule has 0 unspecified atom stereocenters. The molecule has 0 saturated heterocycles. The number of carboxylic acid groups (broad SMARTS) is 2. The van der Waals surface area contributed by atoms with Crippen LogP contribution in [0.25, 0.3) is 0 Å². The predicted molar refractivity (Wildman–Crippen MR) is 17.4 cm³/mol. The van der Waals surface area contributed by atoms with Gasteiger partial charge in [0.1, 0.15) is 0 Å². The van der Waals surface area contributed by atoms with Gasteiger partial charge in [0, 0.05) is 0 Å². The fourth-order valence-electron chi connectivity index (χ4n) is 0. The molecule has 0 bridgehead atoms. The number of carbonyl (C=O) groups excluding carboxylic acids is 1. The van der Waals surface area contributed by atoms with E-state index in [0.717, 1.165) is 0 Å². The standard InChI is InChI=1S/CH2O3.Ca.Cr.2H2O.O/c2-1(3)4;;;;;/h(H2,2,3,4);;;2*1H2;/q;+2;+3;;;-2/p-3. The normalized spacial score (nSPS) is 2.67. The van der Waals surface area contributed by atoms with Gasteiger partial charge in [-0.3, -0.25) is 0 Å². The Morgan fingerprint density at radius 3 is 1.22 bits per heavy atom. The third kappa shape index (κ3) is 485. The van der Waals surface area contributed by atoms with E-state index in [1.807, 2.05) is 0 Å². The van der Waals surface area contributed by atoms with Gasteiger partial charge in [-0.15, -0.1) is 0 Å². The van der Waals surface area contributed by atoms with Gasteiger partial charge in [-0.25, -0.2) is 0 Å². The molecule has 0 heterocycles. The van der Waals surface area contributed by atoms with Crippen LogP contribution in [0.4, 0.5) is 4.79 Å². The van der Waals surface area contributed by atoms with Crippen LogP contribution in [-0.2, 0) is 22.8 Å². The summed E-state index contributed by atoms with van der Waals surface area (Å²) in [4.78, 5) is 8.33. The van der Waals surface area contributed by atoms with Gasteiger partial charge in [-0.2, -0.15) is 0 Å². The van der Waals surface area contributed by atoms with E-state index in [1.54, 1.807) is 0 Å². The van der Waals surface area contributed by atoms with Crippen molar-refractivity contribution in [2.24, 2.45) is 0 Å². The van der Waals surface area contributed by atoms with Gasteiger partial charge in [0.15, 0.2) is 0 Å². The third-order valence-electron chi connectivity index (χ3n) is 0. The first-order valence-electron chi connectivity index (χ1n) is 0.612. The summed E-state index contributed by atoms with van der Waals surface area (Å²) in [5, 5.41) is 16.7. The van der Waals surface area contributed by atoms with Crippen molar-refractivity contribution in [1.82, 2.24) is 0 Å². The third-order valence-corrected chi connectivity index (χ3v) is 0. The molecule has 3 N–H and O–H groups in total. The van der Waals surface area contributed by atoms with Crippen molar-refractivity contribution in [1.29, 1.82) is 0 Å². The summed E-state index contributed by atoms with van der Waals surface area (Å²) in [5.74, 6) is 0. The first kappa shape index (κ1) is 51.2. The predicted octanol–water partition coefficient (Wildman–Crippen LogP) is -3.95. The van der Waals surface area contributed by atoms with Gasteiger partial charge in [-0.05, 0) is 6.16 Å². The maximum atomic E-state index is 8.33. The van der Waals surface area contributed by atoms with Crippen molar-refractivity contribution in [2.75, 3.05) is 0 Å². The summed E-state index contributed by atoms with van der Waals surface area (Å²) < 4.78 is 0. The molecular weight excluding hydrogens is 200 g/mol. The van der Waals surface area contributed by atoms with E-state index in [0.29, 0.717) is 0 Å². The number of hydrogen-bond donors (Lipinski definition) is 0. The molecule has 6 nitrogen and oxygen atoms in total. The minimum Gasteiger partial charge on any atom is -2.00 e. The van der Waals surface area contributed by atoms with E-state index < -0.39 is 6.16 Å². The van der Waals surface area contributed by atoms with Crippen molar-refractivity contribution in [3.8, 4) is 0 Å². The molecule has 0 amide bonds. The van der Waals surface area contributed by atoms with Crippen molar-refractivity contribution in [3.63, 3.8) is 0 Å². The van der Waals surface area contributed by atoms with Crippen molar-refractivity contribution in [3.05, 3.63) is 0 Å². The fraction of sp³-hybridized carbons (Fsp3) is 0. The molecule has 8 heteroatoms. The Morgan fingerprint density at radius 1 is 1.22 bits per heavy atom. The van der Waals surface area contributed by atoms with E-state index in [2.05, 4.69) is 0 Å². The number of carbonyl (C=O) groups is 1. The van der Waals surface area contributed by atoms with Gasteiger partial charge >= 0.3 is 55.1 Å². The molecule has 0 aromatic carbocycles. The van der Waals surface area contributed by atoms with Gasteiger partial charge in [-0.1, -0.05) is 0 Å². The van der Waals surface area contributed by atoms with Crippen LogP contribution in [0.5, 0.6) is 0 Å². The quantitative estimate of drug-likeness (QED) is 0.368. The zero-order valence-corrected chi connectivity index (χ0v) is 7.68. The Hall–Kier alpha value is 0.942. The van der Waals surface area contributed by atoms with Gasteiger partial charge in [0.05, 0.1) is 0 Å². The van der Waals surface area contributed by atoms with Crippen molar-refractivity contribution in [2.45, 2.75) is 0 Å². The molecule has 0 saturated carbocycles. The molecule has 0 aromatic rings. The Labute approximate surface area is 91.9 Å². The number of hydrogen-bond acceptors (Lipinski definition) is 4. The van der Waals surface area contributed by atoms with Crippen LogP contribution in [-0.4, -0.2) is 54.8 Å². The van der Waals surface area contributed by atoms with Crippen LogP contribution < -0.4 is 10.2 Å². The molecule has 0 aliphatic rings. The maximum absolute atomic E-state index is 8.33. The fourth-order valence-corrected chi connectivity index (χ4v) is 0. The number of rotatable bonds is 0. The molecule has 1 radical (unpaired) electrons. The van der Waals surface area contributed by atoms with Crippen molar-refractivity contribution < 1.29 is 48.8 Å². The average molecular weight is 203 g/mol. The molecule has 0 aromatic heterocycles. The summed E-state index contributed by atoms with van der Waals surface area (Å²) in [6, 6.07) is 0. The Kier molecular flexibility index (Phi) is 206. The van der Waals surface area contributed by atoms with Crippen LogP contribution in [0.15, 0.2) is 0 Å². The molecule has 9 heavy (non-hydrogen) atoms. The molecule has 0 aliphatic heterocycles. The van der Waals surface area contributed by atoms with Crippen LogP contribution in [0.1, 0.15) is 0 Å². The SMILES string of the molecule is O.O=C([O-])[O-].[Ca+2].[Cr+3].[O-2].[OH-]. The second-order valence-corrected chi connectivity index (χ2v) is 0.250. The summed E-state index contributed by atoms with van der Waals surface area (Å²) in [6.45, 7) is 0. The summed E-state index contributed by atoms with van der Waals surface area (Å²) in [5.41, 5.74) is 0. The van der Waals surface area contributed by atoms with Crippen LogP contribution in [0.2, 0.25) is 0 Å². The maximum Gasteiger partial charge on any atom is 3.00 e. The van der Waals surface area contributed by atoms with Gasteiger partial charge < -0.3 is 31.4 Å². The smallest absolute Gasteiger partial charge is 2.00 e. The minimum absolute atomic E-state index is 0. The van der Waals surface area contributed by atoms with E-state index >= 15 is 0 Å². The molecule has 51 valence electrons. The average Bonchev–Trinajstić information content (AvgIpc) is 0.811. The molecule has 0 aliphatic carbocycles. The van der Waals surface area contributed by atoms with E-state index in [1.165, 1.54) is 0 Å². The zero-order chi connectivity index (χ0) is 3.58. The molecular formula is CH3CaCrO6. The molecule has 0 spiro atoms. The molecule has 0 rings (SSSR count). The van der Waals surface area contributed by atoms with Gasteiger partial charge in [0.2, 0.25) is 0 Å². The van der Waals surface area contributed by atoms with Crippen LogP contribution in [0, 0.1) is 0 Å². The Balaban J connectivity index is -0.00000000450. The second kappa shape index (κ2) is 36.3. The molecule has 0 fully saturated rings. The molecule has 0 atom stereocenters. The summed E-state index contributed by atoms with van der Waals surface area (Å²) >= 11 is 0.